The van der Waals surface area contributed by atoms with Crippen LogP contribution < -0.4 is 10.9 Å². The average molecular weight is 315 g/mol. The Labute approximate surface area is 131 Å². The van der Waals surface area contributed by atoms with Crippen molar-refractivity contribution in [2.24, 2.45) is 5.92 Å². The summed E-state index contributed by atoms with van der Waals surface area (Å²) in [6.07, 6.45) is 2.37. The summed E-state index contributed by atoms with van der Waals surface area (Å²) in [6, 6.07) is 6.74. The predicted molar refractivity (Wildman–Crippen MR) is 83.2 cm³/mol. The predicted octanol–water partition coefficient (Wildman–Crippen LogP) is 1.30. The molecule has 7 heteroatoms. The lowest BCUT2D eigenvalue weighted by Crippen LogP contribution is -2.39. The summed E-state index contributed by atoms with van der Waals surface area (Å²) in [5, 5.41) is 19.0. The van der Waals surface area contributed by atoms with E-state index in [1.807, 2.05) is 0 Å². The Bertz CT molecular complexity index is 806. The number of benzene rings is 1. The molecule has 120 valence electrons. The summed E-state index contributed by atoms with van der Waals surface area (Å²) in [4.78, 5) is 35.1. The van der Waals surface area contributed by atoms with E-state index in [1.54, 1.807) is 24.3 Å². The van der Waals surface area contributed by atoms with Crippen molar-refractivity contribution in [3.05, 3.63) is 40.3 Å². The SMILES string of the molecule is O=C(NC1CCC(C(=O)O)CC1)c1n[nH]c(=O)c2ccccc12. The second-order valence-electron chi connectivity index (χ2n) is 5.81. The van der Waals surface area contributed by atoms with E-state index < -0.39 is 5.97 Å². The maximum Gasteiger partial charge on any atom is 0.306 e. The lowest BCUT2D eigenvalue weighted by Gasteiger charge is -2.26. The number of carboxylic acids is 1. The van der Waals surface area contributed by atoms with E-state index in [2.05, 4.69) is 15.5 Å². The molecule has 1 aromatic heterocycles. The van der Waals surface area contributed by atoms with Gasteiger partial charge >= 0.3 is 5.97 Å². The number of hydrogen-bond donors (Lipinski definition) is 3. The molecule has 1 aliphatic carbocycles. The van der Waals surface area contributed by atoms with Gasteiger partial charge in [-0.25, -0.2) is 5.10 Å². The molecule has 0 bridgehead atoms. The highest BCUT2D eigenvalue weighted by Gasteiger charge is 2.27. The lowest BCUT2D eigenvalue weighted by molar-refractivity contribution is -0.142. The van der Waals surface area contributed by atoms with Gasteiger partial charge in [-0.1, -0.05) is 18.2 Å². The monoisotopic (exact) mass is 315 g/mol. The number of fused-ring (bicyclic) bond motifs is 1. The molecule has 3 rings (SSSR count). The fourth-order valence-corrected chi connectivity index (χ4v) is 3.03. The average Bonchev–Trinajstić information content (AvgIpc) is 2.56. The normalized spacial score (nSPS) is 21.0. The topological polar surface area (TPSA) is 112 Å². The smallest absolute Gasteiger partial charge is 0.306 e. The fraction of sp³-hybridized carbons (Fsp3) is 0.375. The molecule has 1 fully saturated rings. The number of aromatic amines is 1. The van der Waals surface area contributed by atoms with Crippen molar-refractivity contribution in [2.75, 3.05) is 0 Å². The first-order chi connectivity index (χ1) is 11.1. The number of carbonyl (C=O) groups excluding carboxylic acids is 1. The van der Waals surface area contributed by atoms with Gasteiger partial charge in [0.05, 0.1) is 11.3 Å². The zero-order valence-electron chi connectivity index (χ0n) is 12.4. The first-order valence-electron chi connectivity index (χ1n) is 7.57. The molecular weight excluding hydrogens is 298 g/mol. The molecular formula is C16H17N3O4. The van der Waals surface area contributed by atoms with E-state index in [0.29, 0.717) is 36.5 Å². The molecule has 1 aliphatic rings. The third-order valence-corrected chi connectivity index (χ3v) is 4.32. The fourth-order valence-electron chi connectivity index (χ4n) is 3.03. The van der Waals surface area contributed by atoms with Crippen LogP contribution in [0.15, 0.2) is 29.1 Å². The van der Waals surface area contributed by atoms with Crippen molar-refractivity contribution >= 4 is 22.6 Å². The third kappa shape index (κ3) is 3.08. The summed E-state index contributed by atoms with van der Waals surface area (Å²) in [5.41, 5.74) is -0.153. The van der Waals surface area contributed by atoms with Crippen molar-refractivity contribution in [2.45, 2.75) is 31.7 Å². The minimum atomic E-state index is -0.775. The molecule has 0 aliphatic heterocycles. The summed E-state index contributed by atoms with van der Waals surface area (Å²) in [6.45, 7) is 0. The van der Waals surface area contributed by atoms with E-state index >= 15 is 0 Å². The number of carboxylic acid groups (broad SMARTS) is 1. The highest BCUT2D eigenvalue weighted by molar-refractivity contribution is 6.04. The number of H-pyrrole nitrogens is 1. The van der Waals surface area contributed by atoms with Crippen LogP contribution in [-0.2, 0) is 4.79 Å². The van der Waals surface area contributed by atoms with Gasteiger partial charge in [-0.15, -0.1) is 0 Å². The Kier molecular flexibility index (Phi) is 4.10. The summed E-state index contributed by atoms with van der Waals surface area (Å²) >= 11 is 0. The van der Waals surface area contributed by atoms with Crippen LogP contribution in [0.4, 0.5) is 0 Å². The first-order valence-corrected chi connectivity index (χ1v) is 7.57. The van der Waals surface area contributed by atoms with E-state index in [-0.39, 0.29) is 29.1 Å². The van der Waals surface area contributed by atoms with Gasteiger partial charge in [0, 0.05) is 11.4 Å². The molecule has 3 N–H and O–H groups in total. The van der Waals surface area contributed by atoms with Crippen molar-refractivity contribution in [1.82, 2.24) is 15.5 Å². The number of hydrogen-bond acceptors (Lipinski definition) is 4. The number of aliphatic carboxylic acids is 1. The van der Waals surface area contributed by atoms with Crippen LogP contribution in [0.25, 0.3) is 10.8 Å². The van der Waals surface area contributed by atoms with Crippen molar-refractivity contribution < 1.29 is 14.7 Å². The minimum absolute atomic E-state index is 0.0643. The molecule has 2 aromatic rings. The Balaban J connectivity index is 1.76. The van der Waals surface area contributed by atoms with Crippen molar-refractivity contribution in [3.8, 4) is 0 Å². The summed E-state index contributed by atoms with van der Waals surface area (Å²) in [7, 11) is 0. The number of rotatable bonds is 3. The van der Waals surface area contributed by atoms with Gasteiger partial charge < -0.3 is 10.4 Å². The Hall–Kier alpha value is -2.70. The summed E-state index contributed by atoms with van der Waals surface area (Å²) < 4.78 is 0. The van der Waals surface area contributed by atoms with Crippen LogP contribution in [0, 0.1) is 5.92 Å². The van der Waals surface area contributed by atoms with Gasteiger partial charge in [0.15, 0.2) is 5.69 Å². The van der Waals surface area contributed by atoms with Gasteiger partial charge in [0.1, 0.15) is 0 Å². The number of amides is 1. The molecule has 0 spiro atoms. The first kappa shape index (κ1) is 15.2. The summed E-state index contributed by atoms with van der Waals surface area (Å²) in [5.74, 6) is -1.45. The molecule has 1 amide bonds. The van der Waals surface area contributed by atoms with Gasteiger partial charge in [0.2, 0.25) is 0 Å². The van der Waals surface area contributed by atoms with Crippen LogP contribution in [0.5, 0.6) is 0 Å². The van der Waals surface area contributed by atoms with Crippen molar-refractivity contribution in [3.63, 3.8) is 0 Å². The lowest BCUT2D eigenvalue weighted by atomic mass is 9.86. The maximum absolute atomic E-state index is 12.4. The van der Waals surface area contributed by atoms with Crippen molar-refractivity contribution in [1.29, 1.82) is 0 Å². The number of carbonyl (C=O) groups is 2. The largest absolute Gasteiger partial charge is 0.481 e. The highest BCUT2D eigenvalue weighted by Crippen LogP contribution is 2.24. The zero-order chi connectivity index (χ0) is 16.4. The molecule has 1 saturated carbocycles. The van der Waals surface area contributed by atoms with Crippen LogP contribution in [0.3, 0.4) is 0 Å². The second-order valence-corrected chi connectivity index (χ2v) is 5.81. The van der Waals surface area contributed by atoms with E-state index in [0.717, 1.165) is 0 Å². The number of nitrogens with zero attached hydrogens (tertiary/aromatic N) is 1. The standard InChI is InChI=1S/C16H17N3O4/c20-14-12-4-2-1-3-11(12)13(18-19-14)15(21)17-10-7-5-9(6-8-10)16(22)23/h1-4,9-10H,5-8H2,(H,17,21)(H,19,20)(H,22,23). The van der Waals surface area contributed by atoms with Crippen LogP contribution >= 0.6 is 0 Å². The molecule has 0 saturated heterocycles. The maximum atomic E-state index is 12.4. The molecule has 0 unspecified atom stereocenters. The van der Waals surface area contributed by atoms with Gasteiger partial charge in [-0.2, -0.15) is 5.10 Å². The zero-order valence-corrected chi connectivity index (χ0v) is 12.4. The number of nitrogens with one attached hydrogen (secondary N) is 2. The van der Waals surface area contributed by atoms with Crippen LogP contribution in [-0.4, -0.2) is 33.2 Å². The minimum Gasteiger partial charge on any atom is -0.481 e. The highest BCUT2D eigenvalue weighted by atomic mass is 16.4. The molecule has 1 aromatic carbocycles. The quantitative estimate of drug-likeness (QED) is 0.790. The van der Waals surface area contributed by atoms with Crippen LogP contribution in [0.1, 0.15) is 36.2 Å². The second kappa shape index (κ2) is 6.20. The Morgan fingerprint density at radius 3 is 2.43 bits per heavy atom. The molecule has 0 atom stereocenters. The van der Waals surface area contributed by atoms with E-state index in [9.17, 15) is 14.4 Å². The third-order valence-electron chi connectivity index (χ3n) is 4.32. The molecule has 1 heterocycles. The van der Waals surface area contributed by atoms with E-state index in [4.69, 9.17) is 5.11 Å². The van der Waals surface area contributed by atoms with Gasteiger partial charge in [0.25, 0.3) is 11.5 Å². The van der Waals surface area contributed by atoms with Gasteiger partial charge in [-0.3, -0.25) is 14.4 Å². The molecule has 7 nitrogen and oxygen atoms in total. The van der Waals surface area contributed by atoms with E-state index in [1.165, 1.54) is 0 Å². The Morgan fingerprint density at radius 1 is 1.13 bits per heavy atom. The number of aromatic nitrogens is 2. The van der Waals surface area contributed by atoms with Crippen LogP contribution in [0.2, 0.25) is 0 Å². The van der Waals surface area contributed by atoms with Gasteiger partial charge in [-0.05, 0) is 31.7 Å². The molecule has 23 heavy (non-hydrogen) atoms. The Morgan fingerprint density at radius 2 is 1.78 bits per heavy atom. The molecule has 0 radical (unpaired) electrons.